The van der Waals surface area contributed by atoms with Gasteiger partial charge in [0.1, 0.15) is 0 Å². The normalized spacial score (nSPS) is 11.6. The maximum atomic E-state index is 12.5. The van der Waals surface area contributed by atoms with Gasteiger partial charge in [-0.3, -0.25) is 9.59 Å². The number of amides is 1. The van der Waals surface area contributed by atoms with Gasteiger partial charge >= 0.3 is 5.97 Å². The van der Waals surface area contributed by atoms with Gasteiger partial charge in [0.15, 0.2) is 11.5 Å². The zero-order valence-corrected chi connectivity index (χ0v) is 14.3. The Morgan fingerprint density at radius 1 is 1.29 bits per heavy atom. The lowest BCUT2D eigenvalue weighted by Crippen LogP contribution is -2.29. The summed E-state index contributed by atoms with van der Waals surface area (Å²) in [6.45, 7) is 2.35. The molecule has 2 aromatic rings. The summed E-state index contributed by atoms with van der Waals surface area (Å²) >= 11 is 1.40. The van der Waals surface area contributed by atoms with E-state index in [1.54, 1.807) is 24.3 Å². The van der Waals surface area contributed by atoms with Crippen LogP contribution in [0.15, 0.2) is 35.7 Å². The summed E-state index contributed by atoms with van der Waals surface area (Å²) in [5, 5.41) is 13.7. The molecule has 128 valence electrons. The minimum atomic E-state index is -0.974. The molecular weight excluding hydrogens is 330 g/mol. The van der Waals surface area contributed by atoms with E-state index in [2.05, 4.69) is 5.32 Å². The van der Waals surface area contributed by atoms with E-state index >= 15 is 0 Å². The largest absolute Gasteiger partial charge is 0.493 e. The molecule has 0 spiro atoms. The molecule has 0 unspecified atom stereocenters. The van der Waals surface area contributed by atoms with Crippen molar-refractivity contribution in [3.63, 3.8) is 0 Å². The van der Waals surface area contributed by atoms with Crippen molar-refractivity contribution in [1.82, 2.24) is 5.32 Å². The van der Waals surface area contributed by atoms with E-state index in [9.17, 15) is 9.59 Å². The molecule has 2 rings (SSSR count). The topological polar surface area (TPSA) is 84.9 Å². The number of nitrogens with one attached hydrogen (secondary N) is 1. The first-order chi connectivity index (χ1) is 11.5. The highest BCUT2D eigenvalue weighted by atomic mass is 32.1. The second-order valence-corrected chi connectivity index (χ2v) is 5.92. The van der Waals surface area contributed by atoms with Crippen molar-refractivity contribution in [2.24, 2.45) is 0 Å². The zero-order valence-electron chi connectivity index (χ0n) is 13.4. The summed E-state index contributed by atoms with van der Waals surface area (Å²) in [5.41, 5.74) is 0.377. The molecule has 0 aliphatic heterocycles. The Hall–Kier alpha value is -2.54. The summed E-state index contributed by atoms with van der Waals surface area (Å²) in [4.78, 5) is 24.3. The minimum absolute atomic E-state index is 0.180. The third-order valence-corrected chi connectivity index (χ3v) is 4.28. The van der Waals surface area contributed by atoms with E-state index in [0.29, 0.717) is 23.7 Å². The molecule has 0 radical (unpaired) electrons. The second kappa shape index (κ2) is 8.35. The van der Waals surface area contributed by atoms with Crippen molar-refractivity contribution in [2.75, 3.05) is 13.7 Å². The van der Waals surface area contributed by atoms with E-state index in [1.807, 2.05) is 18.4 Å². The molecule has 1 amide bonds. The summed E-state index contributed by atoms with van der Waals surface area (Å²) in [6.07, 6.45) is -0.180. The SMILES string of the molecule is CCOc1ccc(C(=O)N[C@@H](CC(=O)O)c2cccs2)cc1OC. The number of thiophene rings is 1. The molecule has 1 atom stereocenters. The van der Waals surface area contributed by atoms with Crippen LogP contribution in [-0.4, -0.2) is 30.7 Å². The predicted octanol–water partition coefficient (Wildman–Crippen LogP) is 3.10. The number of ether oxygens (including phenoxy) is 2. The summed E-state index contributed by atoms with van der Waals surface area (Å²) < 4.78 is 10.7. The summed E-state index contributed by atoms with van der Waals surface area (Å²) in [6, 6.07) is 7.90. The highest BCUT2D eigenvalue weighted by molar-refractivity contribution is 7.10. The molecule has 0 aliphatic carbocycles. The van der Waals surface area contributed by atoms with Crippen LogP contribution in [0.2, 0.25) is 0 Å². The first kappa shape index (κ1) is 17.8. The van der Waals surface area contributed by atoms with Crippen molar-refractivity contribution in [2.45, 2.75) is 19.4 Å². The number of methoxy groups -OCH3 is 1. The molecule has 0 aliphatic rings. The van der Waals surface area contributed by atoms with E-state index in [1.165, 1.54) is 18.4 Å². The van der Waals surface area contributed by atoms with Crippen molar-refractivity contribution in [3.8, 4) is 11.5 Å². The van der Waals surface area contributed by atoms with Gasteiger partial charge in [-0.1, -0.05) is 6.07 Å². The summed E-state index contributed by atoms with van der Waals surface area (Å²) in [7, 11) is 1.50. The number of aliphatic carboxylic acids is 1. The average Bonchev–Trinajstić information content (AvgIpc) is 3.08. The van der Waals surface area contributed by atoms with Gasteiger partial charge < -0.3 is 19.9 Å². The smallest absolute Gasteiger partial charge is 0.305 e. The average molecular weight is 349 g/mol. The monoisotopic (exact) mass is 349 g/mol. The van der Waals surface area contributed by atoms with Gasteiger partial charge in [0, 0.05) is 10.4 Å². The highest BCUT2D eigenvalue weighted by Gasteiger charge is 2.20. The van der Waals surface area contributed by atoms with Crippen LogP contribution in [0.4, 0.5) is 0 Å². The fourth-order valence-corrected chi connectivity index (χ4v) is 2.99. The van der Waals surface area contributed by atoms with Gasteiger partial charge in [0.25, 0.3) is 5.91 Å². The lowest BCUT2D eigenvalue weighted by atomic mass is 10.1. The predicted molar refractivity (Wildman–Crippen MR) is 90.9 cm³/mol. The molecule has 1 heterocycles. The second-order valence-electron chi connectivity index (χ2n) is 4.94. The van der Waals surface area contributed by atoms with E-state index in [-0.39, 0.29) is 12.3 Å². The molecule has 0 saturated carbocycles. The zero-order chi connectivity index (χ0) is 17.5. The molecule has 0 fully saturated rings. The third kappa shape index (κ3) is 4.48. The Kier molecular flexibility index (Phi) is 6.20. The maximum Gasteiger partial charge on any atom is 0.305 e. The molecule has 0 bridgehead atoms. The van der Waals surface area contributed by atoms with Crippen molar-refractivity contribution in [3.05, 3.63) is 46.2 Å². The van der Waals surface area contributed by atoms with Gasteiger partial charge in [0.05, 0.1) is 26.2 Å². The van der Waals surface area contributed by atoms with Crippen LogP contribution in [0.5, 0.6) is 11.5 Å². The first-order valence-electron chi connectivity index (χ1n) is 7.42. The molecule has 6 nitrogen and oxygen atoms in total. The number of carbonyl (C=O) groups excluding carboxylic acids is 1. The molecule has 0 saturated heterocycles. The van der Waals surface area contributed by atoms with Crippen LogP contribution in [-0.2, 0) is 4.79 Å². The Morgan fingerprint density at radius 2 is 2.08 bits per heavy atom. The quantitative estimate of drug-likeness (QED) is 0.765. The molecule has 1 aromatic heterocycles. The van der Waals surface area contributed by atoms with Gasteiger partial charge in [-0.2, -0.15) is 0 Å². The Balaban J connectivity index is 2.19. The first-order valence-corrected chi connectivity index (χ1v) is 8.30. The van der Waals surface area contributed by atoms with Crippen LogP contribution in [0.25, 0.3) is 0 Å². The van der Waals surface area contributed by atoms with E-state index in [4.69, 9.17) is 14.6 Å². The van der Waals surface area contributed by atoms with Gasteiger partial charge in [0.2, 0.25) is 0 Å². The Morgan fingerprint density at radius 3 is 2.67 bits per heavy atom. The number of carbonyl (C=O) groups is 2. The lowest BCUT2D eigenvalue weighted by molar-refractivity contribution is -0.137. The van der Waals surface area contributed by atoms with Crippen LogP contribution >= 0.6 is 11.3 Å². The molecular formula is C17H19NO5S. The minimum Gasteiger partial charge on any atom is -0.493 e. The molecule has 7 heteroatoms. The number of carboxylic acid groups (broad SMARTS) is 1. The molecule has 24 heavy (non-hydrogen) atoms. The van der Waals surface area contributed by atoms with Crippen molar-refractivity contribution in [1.29, 1.82) is 0 Å². The number of hydrogen-bond acceptors (Lipinski definition) is 5. The maximum absolute atomic E-state index is 12.5. The van der Waals surface area contributed by atoms with Crippen LogP contribution in [0.3, 0.4) is 0 Å². The van der Waals surface area contributed by atoms with Crippen molar-refractivity contribution < 1.29 is 24.2 Å². The van der Waals surface area contributed by atoms with Crippen LogP contribution < -0.4 is 14.8 Å². The molecule has 2 N–H and O–H groups in total. The number of rotatable bonds is 8. The number of benzene rings is 1. The third-order valence-electron chi connectivity index (χ3n) is 3.30. The lowest BCUT2D eigenvalue weighted by Gasteiger charge is -2.16. The van der Waals surface area contributed by atoms with Gasteiger partial charge in [-0.15, -0.1) is 11.3 Å². The van der Waals surface area contributed by atoms with Crippen molar-refractivity contribution >= 4 is 23.2 Å². The summed E-state index contributed by atoms with van der Waals surface area (Å²) in [5.74, 6) is -0.332. The van der Waals surface area contributed by atoms with Gasteiger partial charge in [-0.05, 0) is 36.6 Å². The standard InChI is InChI=1S/C17H19NO5S/c1-3-23-13-7-6-11(9-14(13)22-2)17(21)18-12(10-16(19)20)15-5-4-8-24-15/h4-9,12H,3,10H2,1-2H3,(H,18,21)(H,19,20)/t12-/m0/s1. The number of hydrogen-bond donors (Lipinski definition) is 2. The van der Waals surface area contributed by atoms with Gasteiger partial charge in [-0.25, -0.2) is 0 Å². The fourth-order valence-electron chi connectivity index (χ4n) is 2.21. The number of carboxylic acids is 1. The van der Waals surface area contributed by atoms with Crippen LogP contribution in [0, 0.1) is 0 Å². The molecule has 1 aromatic carbocycles. The Bertz CT molecular complexity index is 699. The van der Waals surface area contributed by atoms with Crippen LogP contribution in [0.1, 0.15) is 34.6 Å². The van der Waals surface area contributed by atoms with E-state index in [0.717, 1.165) is 4.88 Å². The Labute approximate surface area is 144 Å². The fraction of sp³-hybridized carbons (Fsp3) is 0.294. The van der Waals surface area contributed by atoms with E-state index < -0.39 is 12.0 Å². The highest BCUT2D eigenvalue weighted by Crippen LogP contribution is 2.29.